The molecule has 1 aromatic carbocycles. The third-order valence-electron chi connectivity index (χ3n) is 6.28. The minimum Gasteiger partial charge on any atom is -0.348 e. The molecule has 1 aliphatic carbocycles. The zero-order chi connectivity index (χ0) is 22.2. The Bertz CT molecular complexity index is 1160. The van der Waals surface area contributed by atoms with Crippen molar-refractivity contribution in [1.82, 2.24) is 20.2 Å². The minimum atomic E-state index is -0.0955. The van der Waals surface area contributed by atoms with Gasteiger partial charge in [0.2, 0.25) is 0 Å². The van der Waals surface area contributed by atoms with Gasteiger partial charge in [-0.1, -0.05) is 18.2 Å². The van der Waals surface area contributed by atoms with Gasteiger partial charge in [-0.3, -0.25) is 4.79 Å². The molecule has 0 atom stereocenters. The summed E-state index contributed by atoms with van der Waals surface area (Å²) in [4.78, 5) is 38.4. The van der Waals surface area contributed by atoms with Crippen molar-refractivity contribution in [3.63, 3.8) is 0 Å². The van der Waals surface area contributed by atoms with Gasteiger partial charge in [-0.15, -0.1) is 11.3 Å². The number of urea groups is 1. The molecule has 1 aliphatic heterocycles. The molecular weight excluding hydrogens is 422 g/mol. The number of nitrogens with zero attached hydrogens (tertiary/aromatic N) is 3. The number of para-hydroxylation sites is 1. The van der Waals surface area contributed by atoms with Crippen molar-refractivity contribution in [2.45, 2.75) is 51.5 Å². The average Bonchev–Trinajstić information content (AvgIpc) is 3.58. The van der Waals surface area contributed by atoms with Crippen molar-refractivity contribution in [3.05, 3.63) is 52.3 Å². The normalized spacial score (nSPS) is 16.9. The Balaban J connectivity index is 1.21. The van der Waals surface area contributed by atoms with E-state index in [0.29, 0.717) is 19.0 Å². The zero-order valence-electron chi connectivity index (χ0n) is 18.4. The molecule has 166 valence electrons. The van der Waals surface area contributed by atoms with Crippen LogP contribution in [0, 0.1) is 13.8 Å². The van der Waals surface area contributed by atoms with Crippen LogP contribution in [-0.4, -0.2) is 45.9 Å². The average molecular weight is 450 g/mol. The second kappa shape index (κ2) is 8.50. The summed E-state index contributed by atoms with van der Waals surface area (Å²) in [5.74, 6) is 1.36. The molecule has 0 bridgehead atoms. The van der Waals surface area contributed by atoms with Crippen LogP contribution in [0.5, 0.6) is 0 Å². The van der Waals surface area contributed by atoms with Crippen LogP contribution >= 0.6 is 11.3 Å². The van der Waals surface area contributed by atoms with Crippen LogP contribution in [0.4, 0.5) is 10.5 Å². The number of carbonyl (C=O) groups is 2. The molecule has 3 heterocycles. The number of rotatable bonds is 4. The number of amides is 3. The number of benzene rings is 1. The molecule has 1 saturated heterocycles. The lowest BCUT2D eigenvalue weighted by atomic mass is 10.0. The second-order valence-corrected chi connectivity index (χ2v) is 9.71. The number of hydrogen-bond acceptors (Lipinski definition) is 5. The predicted octanol–water partition coefficient (Wildman–Crippen LogP) is 4.61. The van der Waals surface area contributed by atoms with Crippen molar-refractivity contribution in [2.75, 3.05) is 18.4 Å². The van der Waals surface area contributed by atoms with E-state index in [1.807, 2.05) is 44.2 Å². The van der Waals surface area contributed by atoms with Crippen molar-refractivity contribution < 1.29 is 9.59 Å². The molecule has 0 unspecified atom stereocenters. The Morgan fingerprint density at radius 3 is 2.44 bits per heavy atom. The molecule has 2 aromatic heterocycles. The van der Waals surface area contributed by atoms with Crippen molar-refractivity contribution in [1.29, 1.82) is 0 Å². The number of nitrogens with one attached hydrogen (secondary N) is 2. The molecule has 7 nitrogen and oxygen atoms in total. The van der Waals surface area contributed by atoms with E-state index < -0.39 is 0 Å². The highest BCUT2D eigenvalue weighted by Gasteiger charge is 2.29. The first-order valence-corrected chi connectivity index (χ1v) is 12.0. The highest BCUT2D eigenvalue weighted by Crippen LogP contribution is 2.40. The summed E-state index contributed by atoms with van der Waals surface area (Å²) in [6, 6.07) is 9.42. The highest BCUT2D eigenvalue weighted by molar-refractivity contribution is 7.20. The van der Waals surface area contributed by atoms with Crippen LogP contribution in [0.25, 0.3) is 10.2 Å². The minimum absolute atomic E-state index is 0.0509. The van der Waals surface area contributed by atoms with E-state index in [2.05, 4.69) is 15.6 Å². The molecule has 2 N–H and O–H groups in total. The molecule has 8 heteroatoms. The Hall–Kier alpha value is -3.00. The van der Waals surface area contributed by atoms with E-state index in [0.717, 1.165) is 63.5 Å². The maximum absolute atomic E-state index is 13.1. The van der Waals surface area contributed by atoms with Gasteiger partial charge in [0.05, 0.1) is 10.6 Å². The van der Waals surface area contributed by atoms with Gasteiger partial charge in [0, 0.05) is 36.1 Å². The Labute approximate surface area is 191 Å². The Morgan fingerprint density at radius 2 is 1.75 bits per heavy atom. The van der Waals surface area contributed by atoms with Gasteiger partial charge in [-0.25, -0.2) is 14.8 Å². The summed E-state index contributed by atoms with van der Waals surface area (Å²) < 4.78 is 0. The van der Waals surface area contributed by atoms with E-state index in [9.17, 15) is 9.59 Å². The largest absolute Gasteiger partial charge is 0.348 e. The van der Waals surface area contributed by atoms with Gasteiger partial charge in [0.1, 0.15) is 10.7 Å². The van der Waals surface area contributed by atoms with E-state index >= 15 is 0 Å². The molecular formula is C24H27N5O2S. The third kappa shape index (κ3) is 4.19. The quantitative estimate of drug-likeness (QED) is 0.609. The first-order chi connectivity index (χ1) is 15.5. The van der Waals surface area contributed by atoms with Crippen LogP contribution in [0.1, 0.15) is 58.4 Å². The molecule has 5 rings (SSSR count). The highest BCUT2D eigenvalue weighted by atomic mass is 32.1. The number of fused-ring (bicyclic) bond motifs is 1. The lowest BCUT2D eigenvalue weighted by molar-refractivity contribution is 0.0923. The summed E-state index contributed by atoms with van der Waals surface area (Å²) in [7, 11) is 0. The molecule has 3 aromatic rings. The van der Waals surface area contributed by atoms with Gasteiger partial charge >= 0.3 is 6.03 Å². The molecule has 0 spiro atoms. The fourth-order valence-electron chi connectivity index (χ4n) is 4.30. The van der Waals surface area contributed by atoms with Gasteiger partial charge in [0.15, 0.2) is 0 Å². The summed E-state index contributed by atoms with van der Waals surface area (Å²) in [6.45, 7) is 5.22. The molecule has 0 radical (unpaired) electrons. The summed E-state index contributed by atoms with van der Waals surface area (Å²) in [6.07, 6.45) is 3.79. The lowest BCUT2D eigenvalue weighted by Gasteiger charge is -2.32. The lowest BCUT2D eigenvalue weighted by Crippen LogP contribution is -2.47. The van der Waals surface area contributed by atoms with Gasteiger partial charge in [-0.2, -0.15) is 0 Å². The topological polar surface area (TPSA) is 87.2 Å². The first-order valence-electron chi connectivity index (χ1n) is 11.2. The number of piperidine rings is 1. The number of anilines is 1. The first kappa shape index (κ1) is 20.9. The summed E-state index contributed by atoms with van der Waals surface area (Å²) in [5.41, 5.74) is 2.71. The standard InChI is InChI=1S/C24H27N5O2S/c1-14-19-15(2)25-21(16-8-9-16)28-23(19)32-20(14)22(30)26-18-10-12-29(13-11-18)24(31)27-17-6-4-3-5-7-17/h3-7,16,18H,8-13H2,1-2H3,(H,26,30)(H,27,31). The molecule has 3 amide bonds. The van der Waals surface area contributed by atoms with Crippen molar-refractivity contribution in [2.24, 2.45) is 0 Å². The van der Waals surface area contributed by atoms with E-state index in [4.69, 9.17) is 4.98 Å². The number of hydrogen-bond donors (Lipinski definition) is 2. The number of aromatic nitrogens is 2. The van der Waals surface area contributed by atoms with Gasteiger partial charge < -0.3 is 15.5 Å². The Morgan fingerprint density at radius 1 is 1.03 bits per heavy atom. The van der Waals surface area contributed by atoms with E-state index in [-0.39, 0.29) is 18.0 Å². The third-order valence-corrected chi connectivity index (χ3v) is 7.46. The number of likely N-dealkylation sites (tertiary alicyclic amines) is 1. The molecule has 1 saturated carbocycles. The van der Waals surface area contributed by atoms with Crippen molar-refractivity contribution in [3.8, 4) is 0 Å². The number of thiophene rings is 1. The number of aryl methyl sites for hydroxylation is 2. The second-order valence-electron chi connectivity index (χ2n) is 8.71. The molecule has 32 heavy (non-hydrogen) atoms. The monoisotopic (exact) mass is 449 g/mol. The molecule has 2 fully saturated rings. The predicted molar refractivity (Wildman–Crippen MR) is 126 cm³/mol. The van der Waals surface area contributed by atoms with Crippen LogP contribution in [0.2, 0.25) is 0 Å². The maximum atomic E-state index is 13.1. The van der Waals surface area contributed by atoms with Crippen LogP contribution < -0.4 is 10.6 Å². The van der Waals surface area contributed by atoms with Gasteiger partial charge in [-0.05, 0) is 57.2 Å². The Kier molecular flexibility index (Phi) is 5.55. The maximum Gasteiger partial charge on any atom is 0.321 e. The van der Waals surface area contributed by atoms with Gasteiger partial charge in [0.25, 0.3) is 5.91 Å². The van der Waals surface area contributed by atoms with E-state index in [1.54, 1.807) is 4.90 Å². The van der Waals surface area contributed by atoms with E-state index in [1.165, 1.54) is 11.3 Å². The fourth-order valence-corrected chi connectivity index (χ4v) is 5.44. The zero-order valence-corrected chi connectivity index (χ0v) is 19.2. The van der Waals surface area contributed by atoms with Crippen LogP contribution in [0.15, 0.2) is 30.3 Å². The summed E-state index contributed by atoms with van der Waals surface area (Å²) >= 11 is 1.46. The smallest absolute Gasteiger partial charge is 0.321 e. The van der Waals surface area contributed by atoms with Crippen LogP contribution in [-0.2, 0) is 0 Å². The SMILES string of the molecule is Cc1nc(C2CC2)nc2sc(C(=O)NC3CCN(C(=O)Nc4ccccc4)CC3)c(C)c12. The summed E-state index contributed by atoms with van der Waals surface area (Å²) in [5, 5.41) is 7.12. The van der Waals surface area contributed by atoms with Crippen LogP contribution in [0.3, 0.4) is 0 Å². The molecule has 2 aliphatic rings. The number of carbonyl (C=O) groups excluding carboxylic acids is 2. The fraction of sp³-hybridized carbons (Fsp3) is 0.417. The van der Waals surface area contributed by atoms with Crippen molar-refractivity contribution >= 4 is 39.2 Å².